The molecule has 6 heteroatoms. The second kappa shape index (κ2) is 8.15. The molecule has 1 saturated heterocycles. The van der Waals surface area contributed by atoms with Gasteiger partial charge in [-0.05, 0) is 43.5 Å². The molecule has 0 radical (unpaired) electrons. The van der Waals surface area contributed by atoms with Gasteiger partial charge in [0.25, 0.3) is 0 Å². The van der Waals surface area contributed by atoms with Crippen molar-refractivity contribution in [2.45, 2.75) is 26.3 Å². The Morgan fingerprint density at radius 3 is 3.04 bits per heavy atom. The molecule has 0 amide bonds. The first-order valence-corrected chi connectivity index (χ1v) is 9.04. The number of piperidine rings is 1. The molecule has 136 valence electrons. The molecule has 1 aliphatic rings. The second-order valence-corrected chi connectivity index (χ2v) is 6.77. The van der Waals surface area contributed by atoms with E-state index in [-0.39, 0.29) is 18.6 Å². The topological polar surface area (TPSA) is 78.2 Å². The lowest BCUT2D eigenvalue weighted by molar-refractivity contribution is -0.142. The van der Waals surface area contributed by atoms with Gasteiger partial charge in [0.1, 0.15) is 6.07 Å². The van der Waals surface area contributed by atoms with Crippen molar-refractivity contribution in [2.24, 2.45) is 5.92 Å². The lowest BCUT2D eigenvalue weighted by Gasteiger charge is -2.38. The maximum atomic E-state index is 11.6. The molecule has 0 saturated carbocycles. The van der Waals surface area contributed by atoms with Gasteiger partial charge in [0.15, 0.2) is 0 Å². The average Bonchev–Trinajstić information content (AvgIpc) is 2.65. The standard InChI is InChI=1S/C20H24N4O2/c1-3-26-19(25)11-23-16-9-14(2)12-24(13-16)18-7-6-15(10-21)20-17(18)5-4-8-22-20/h4-8,14,16,23H,3,9,11-13H2,1-2H3/t14-,16?/m0/s1. The Morgan fingerprint density at radius 1 is 1.42 bits per heavy atom. The zero-order valence-corrected chi connectivity index (χ0v) is 15.2. The van der Waals surface area contributed by atoms with E-state index in [1.165, 1.54) is 0 Å². The fourth-order valence-corrected chi connectivity index (χ4v) is 3.66. The number of ether oxygens (including phenoxy) is 1. The number of nitrogens with one attached hydrogen (secondary N) is 1. The molecule has 3 rings (SSSR count). The first-order valence-electron chi connectivity index (χ1n) is 9.04. The Balaban J connectivity index is 1.81. The Bertz CT molecular complexity index is 830. The number of benzene rings is 1. The molecular formula is C20H24N4O2. The van der Waals surface area contributed by atoms with E-state index in [1.54, 1.807) is 6.20 Å². The minimum atomic E-state index is -0.217. The van der Waals surface area contributed by atoms with Gasteiger partial charge in [-0.2, -0.15) is 5.26 Å². The predicted molar refractivity (Wildman–Crippen MR) is 101 cm³/mol. The molecule has 1 aliphatic heterocycles. The van der Waals surface area contributed by atoms with Gasteiger partial charge >= 0.3 is 5.97 Å². The van der Waals surface area contributed by atoms with Crippen molar-refractivity contribution >= 4 is 22.6 Å². The highest BCUT2D eigenvalue weighted by Crippen LogP contribution is 2.31. The zero-order valence-electron chi connectivity index (χ0n) is 15.2. The van der Waals surface area contributed by atoms with Crippen molar-refractivity contribution in [3.05, 3.63) is 36.0 Å². The Morgan fingerprint density at radius 2 is 2.27 bits per heavy atom. The Kier molecular flexibility index (Phi) is 5.69. The van der Waals surface area contributed by atoms with Crippen LogP contribution in [0.5, 0.6) is 0 Å². The minimum absolute atomic E-state index is 0.213. The number of nitriles is 1. The van der Waals surface area contributed by atoms with Gasteiger partial charge in [0, 0.05) is 36.4 Å². The summed E-state index contributed by atoms with van der Waals surface area (Å²) < 4.78 is 5.00. The average molecular weight is 352 g/mol. The summed E-state index contributed by atoms with van der Waals surface area (Å²) in [6.45, 7) is 6.40. The van der Waals surface area contributed by atoms with Crippen molar-refractivity contribution < 1.29 is 9.53 Å². The maximum Gasteiger partial charge on any atom is 0.319 e. The number of esters is 1. The summed E-state index contributed by atoms with van der Waals surface area (Å²) in [4.78, 5) is 18.3. The van der Waals surface area contributed by atoms with Crippen molar-refractivity contribution in [1.82, 2.24) is 10.3 Å². The van der Waals surface area contributed by atoms with Gasteiger partial charge in [-0.3, -0.25) is 9.78 Å². The highest BCUT2D eigenvalue weighted by atomic mass is 16.5. The van der Waals surface area contributed by atoms with Gasteiger partial charge in [-0.1, -0.05) is 6.92 Å². The van der Waals surface area contributed by atoms with E-state index in [0.29, 0.717) is 18.1 Å². The normalized spacial score (nSPS) is 20.0. The van der Waals surface area contributed by atoms with E-state index >= 15 is 0 Å². The van der Waals surface area contributed by atoms with Crippen LogP contribution in [0.15, 0.2) is 30.5 Å². The van der Waals surface area contributed by atoms with Crippen LogP contribution >= 0.6 is 0 Å². The number of fused-ring (bicyclic) bond motifs is 1. The molecule has 0 aliphatic carbocycles. The highest BCUT2D eigenvalue weighted by molar-refractivity contribution is 5.95. The van der Waals surface area contributed by atoms with Crippen LogP contribution < -0.4 is 10.2 Å². The molecule has 6 nitrogen and oxygen atoms in total. The maximum absolute atomic E-state index is 11.6. The van der Waals surface area contributed by atoms with Crippen LogP contribution in [0.25, 0.3) is 10.9 Å². The van der Waals surface area contributed by atoms with Gasteiger partial charge in [0.2, 0.25) is 0 Å². The summed E-state index contributed by atoms with van der Waals surface area (Å²) in [6, 6.07) is 10.2. The number of aromatic nitrogens is 1. The second-order valence-electron chi connectivity index (χ2n) is 6.77. The SMILES string of the molecule is CCOC(=O)CNC1C[C@H](C)CN(c2ccc(C#N)c3ncccc23)C1. The Hall–Kier alpha value is -2.65. The van der Waals surface area contributed by atoms with Crippen LogP contribution in [0.4, 0.5) is 5.69 Å². The molecule has 1 fully saturated rings. The van der Waals surface area contributed by atoms with Gasteiger partial charge in [0.05, 0.1) is 24.2 Å². The van der Waals surface area contributed by atoms with Crippen LogP contribution in [-0.4, -0.2) is 43.2 Å². The van der Waals surface area contributed by atoms with E-state index in [9.17, 15) is 10.1 Å². The molecule has 0 spiro atoms. The van der Waals surface area contributed by atoms with E-state index < -0.39 is 0 Å². The number of anilines is 1. The number of carbonyl (C=O) groups is 1. The first kappa shape index (κ1) is 18.2. The molecule has 1 aromatic carbocycles. The number of rotatable bonds is 5. The summed E-state index contributed by atoms with van der Waals surface area (Å²) in [7, 11) is 0. The quantitative estimate of drug-likeness (QED) is 0.833. The molecule has 1 unspecified atom stereocenters. The first-order chi connectivity index (χ1) is 12.6. The number of hydrogen-bond donors (Lipinski definition) is 1. The summed E-state index contributed by atoms with van der Waals surface area (Å²) in [6.07, 6.45) is 2.73. The summed E-state index contributed by atoms with van der Waals surface area (Å²) in [5, 5.41) is 13.6. The van der Waals surface area contributed by atoms with Crippen molar-refractivity contribution in [2.75, 3.05) is 31.1 Å². The third-order valence-electron chi connectivity index (χ3n) is 4.71. The third-order valence-corrected chi connectivity index (χ3v) is 4.71. The largest absolute Gasteiger partial charge is 0.465 e. The van der Waals surface area contributed by atoms with E-state index in [4.69, 9.17) is 4.74 Å². The lowest BCUT2D eigenvalue weighted by atomic mass is 9.94. The van der Waals surface area contributed by atoms with E-state index in [1.807, 2.05) is 31.2 Å². The fourth-order valence-electron chi connectivity index (χ4n) is 3.66. The van der Waals surface area contributed by atoms with Crippen LogP contribution in [0.2, 0.25) is 0 Å². The van der Waals surface area contributed by atoms with Gasteiger partial charge < -0.3 is 15.0 Å². The zero-order chi connectivity index (χ0) is 18.5. The summed E-state index contributed by atoms with van der Waals surface area (Å²) in [5.74, 6) is 0.274. The molecular weight excluding hydrogens is 328 g/mol. The van der Waals surface area contributed by atoms with Crippen molar-refractivity contribution in [3.8, 4) is 6.07 Å². The van der Waals surface area contributed by atoms with Crippen LogP contribution in [0.1, 0.15) is 25.8 Å². The highest BCUT2D eigenvalue weighted by Gasteiger charge is 2.26. The van der Waals surface area contributed by atoms with E-state index in [0.717, 1.165) is 36.1 Å². The molecule has 2 heterocycles. The van der Waals surface area contributed by atoms with Crippen molar-refractivity contribution in [3.63, 3.8) is 0 Å². The Labute approximate surface area is 153 Å². The summed E-state index contributed by atoms with van der Waals surface area (Å²) in [5.41, 5.74) is 2.41. The molecule has 1 aromatic heterocycles. The van der Waals surface area contributed by atoms with Crippen LogP contribution in [0, 0.1) is 17.2 Å². The van der Waals surface area contributed by atoms with Gasteiger partial charge in [-0.15, -0.1) is 0 Å². The van der Waals surface area contributed by atoms with Gasteiger partial charge in [-0.25, -0.2) is 0 Å². The number of carbonyl (C=O) groups excluding carboxylic acids is 1. The summed E-state index contributed by atoms with van der Waals surface area (Å²) >= 11 is 0. The lowest BCUT2D eigenvalue weighted by Crippen LogP contribution is -2.50. The predicted octanol–water partition coefficient (Wildman–Crippen LogP) is 2.47. The van der Waals surface area contributed by atoms with E-state index in [2.05, 4.69) is 28.2 Å². The van der Waals surface area contributed by atoms with Crippen molar-refractivity contribution in [1.29, 1.82) is 5.26 Å². The third kappa shape index (κ3) is 3.94. The van der Waals surface area contributed by atoms with Crippen LogP contribution in [0.3, 0.4) is 0 Å². The number of pyridine rings is 1. The number of hydrogen-bond acceptors (Lipinski definition) is 6. The number of nitrogens with zero attached hydrogens (tertiary/aromatic N) is 3. The van der Waals surface area contributed by atoms with Crippen LogP contribution in [-0.2, 0) is 9.53 Å². The molecule has 2 aromatic rings. The monoisotopic (exact) mass is 352 g/mol. The molecule has 1 N–H and O–H groups in total. The molecule has 26 heavy (non-hydrogen) atoms. The molecule has 0 bridgehead atoms. The smallest absolute Gasteiger partial charge is 0.319 e. The fraction of sp³-hybridized carbons (Fsp3) is 0.450. The minimum Gasteiger partial charge on any atom is -0.465 e. The molecule has 2 atom stereocenters.